The van der Waals surface area contributed by atoms with Crippen LogP contribution in [0.15, 0.2) is 29.2 Å². The maximum Gasteiger partial charge on any atom is 0.260 e. The van der Waals surface area contributed by atoms with Crippen molar-refractivity contribution in [2.45, 2.75) is 37.8 Å². The lowest BCUT2D eigenvalue weighted by Gasteiger charge is -2.16. The van der Waals surface area contributed by atoms with Gasteiger partial charge in [-0.2, -0.15) is 0 Å². The van der Waals surface area contributed by atoms with Crippen molar-refractivity contribution < 1.29 is 17.9 Å². The van der Waals surface area contributed by atoms with E-state index in [-0.39, 0.29) is 16.8 Å². The molecule has 1 aromatic carbocycles. The number of primary sulfonamides is 1. The summed E-state index contributed by atoms with van der Waals surface area (Å²) in [6.07, 6.45) is -0.664. The van der Waals surface area contributed by atoms with Gasteiger partial charge in [-0.05, 0) is 45.0 Å². The summed E-state index contributed by atoms with van der Waals surface area (Å²) in [5.41, 5.74) is 0. The fourth-order valence-corrected chi connectivity index (χ4v) is 1.88. The minimum Gasteiger partial charge on any atom is -0.481 e. The lowest BCUT2D eigenvalue weighted by Crippen LogP contribution is -2.40. The lowest BCUT2D eigenvalue weighted by molar-refractivity contribution is -0.127. The van der Waals surface area contributed by atoms with Crippen molar-refractivity contribution in [3.63, 3.8) is 0 Å². The average molecular weight is 286 g/mol. The van der Waals surface area contributed by atoms with Crippen LogP contribution in [0.1, 0.15) is 20.8 Å². The Morgan fingerprint density at radius 3 is 2.16 bits per heavy atom. The van der Waals surface area contributed by atoms with Crippen LogP contribution in [-0.4, -0.2) is 26.5 Å². The molecule has 0 aliphatic carbocycles. The van der Waals surface area contributed by atoms with Crippen LogP contribution >= 0.6 is 0 Å². The normalized spacial score (nSPS) is 13.1. The Morgan fingerprint density at radius 2 is 1.74 bits per heavy atom. The smallest absolute Gasteiger partial charge is 0.260 e. The summed E-state index contributed by atoms with van der Waals surface area (Å²) in [4.78, 5) is 11.6. The number of nitrogens with two attached hydrogens (primary N) is 1. The summed E-state index contributed by atoms with van der Waals surface area (Å²) in [6.45, 7) is 5.32. The van der Waals surface area contributed by atoms with Gasteiger partial charge in [-0.3, -0.25) is 4.79 Å². The largest absolute Gasteiger partial charge is 0.481 e. The second kappa shape index (κ2) is 6.03. The van der Waals surface area contributed by atoms with E-state index in [0.717, 1.165) is 0 Å². The van der Waals surface area contributed by atoms with E-state index in [9.17, 15) is 13.2 Å². The predicted molar refractivity (Wildman–Crippen MR) is 71.2 cm³/mol. The van der Waals surface area contributed by atoms with Crippen LogP contribution in [0.3, 0.4) is 0 Å². The van der Waals surface area contributed by atoms with E-state index < -0.39 is 16.1 Å². The fraction of sp³-hybridized carbons (Fsp3) is 0.417. The van der Waals surface area contributed by atoms with Crippen molar-refractivity contribution >= 4 is 15.9 Å². The summed E-state index contributed by atoms with van der Waals surface area (Å²) >= 11 is 0. The number of rotatable bonds is 5. The molecule has 0 bridgehead atoms. The summed E-state index contributed by atoms with van der Waals surface area (Å²) in [5.74, 6) is 0.171. The topological polar surface area (TPSA) is 98.5 Å². The van der Waals surface area contributed by atoms with Crippen LogP contribution in [-0.2, 0) is 14.8 Å². The minimum absolute atomic E-state index is 0.000801. The number of hydrogen-bond donors (Lipinski definition) is 2. The Hall–Kier alpha value is -1.60. The van der Waals surface area contributed by atoms with Crippen molar-refractivity contribution in [3.05, 3.63) is 24.3 Å². The second-order valence-corrected chi connectivity index (χ2v) is 6.00. The second-order valence-electron chi connectivity index (χ2n) is 4.44. The number of sulfonamides is 1. The van der Waals surface area contributed by atoms with Crippen molar-refractivity contribution in [3.8, 4) is 5.75 Å². The molecule has 0 heterocycles. The van der Waals surface area contributed by atoms with Gasteiger partial charge in [0.1, 0.15) is 5.75 Å². The monoisotopic (exact) mass is 286 g/mol. The highest BCUT2D eigenvalue weighted by atomic mass is 32.2. The maximum absolute atomic E-state index is 11.6. The Morgan fingerprint density at radius 1 is 1.21 bits per heavy atom. The number of carbonyl (C=O) groups excluding carboxylic acids is 1. The SMILES string of the molecule is CC(C)NC(=O)[C@@H](C)Oc1ccc(S(N)(=O)=O)cc1. The number of benzene rings is 1. The van der Waals surface area contributed by atoms with Gasteiger partial charge in [-0.1, -0.05) is 0 Å². The zero-order valence-corrected chi connectivity index (χ0v) is 11.9. The van der Waals surface area contributed by atoms with Gasteiger partial charge in [0.2, 0.25) is 10.0 Å². The molecular weight excluding hydrogens is 268 g/mol. The Kier molecular flexibility index (Phi) is 4.90. The highest BCUT2D eigenvalue weighted by Crippen LogP contribution is 2.16. The number of nitrogens with one attached hydrogen (secondary N) is 1. The van der Waals surface area contributed by atoms with Gasteiger partial charge in [-0.15, -0.1) is 0 Å². The van der Waals surface area contributed by atoms with Crippen molar-refractivity contribution in [1.29, 1.82) is 0 Å². The van der Waals surface area contributed by atoms with Gasteiger partial charge in [0.15, 0.2) is 6.10 Å². The molecule has 106 valence electrons. The third-order valence-corrected chi connectivity index (χ3v) is 3.19. The molecule has 1 aromatic rings. The summed E-state index contributed by atoms with van der Waals surface area (Å²) < 4.78 is 27.5. The fourth-order valence-electron chi connectivity index (χ4n) is 1.37. The predicted octanol–water partition coefficient (Wildman–Crippen LogP) is 0.626. The highest BCUT2D eigenvalue weighted by Gasteiger charge is 2.15. The molecule has 1 amide bonds. The highest BCUT2D eigenvalue weighted by molar-refractivity contribution is 7.89. The van der Waals surface area contributed by atoms with E-state index in [4.69, 9.17) is 9.88 Å². The molecule has 3 N–H and O–H groups in total. The standard InChI is InChI=1S/C12H18N2O4S/c1-8(2)14-12(15)9(3)18-10-4-6-11(7-5-10)19(13,16)17/h4-9H,1-3H3,(H,14,15)(H2,13,16,17)/t9-/m1/s1. The zero-order chi connectivity index (χ0) is 14.6. The first-order valence-corrected chi connectivity index (χ1v) is 7.34. The van der Waals surface area contributed by atoms with Gasteiger partial charge >= 0.3 is 0 Å². The Bertz CT molecular complexity index is 537. The molecule has 1 atom stereocenters. The molecule has 0 fully saturated rings. The van der Waals surface area contributed by atoms with Gasteiger partial charge < -0.3 is 10.1 Å². The first kappa shape index (κ1) is 15.5. The van der Waals surface area contributed by atoms with Crippen LogP contribution < -0.4 is 15.2 Å². The number of amides is 1. The Labute approximate surface area is 113 Å². The average Bonchev–Trinajstić information content (AvgIpc) is 2.27. The van der Waals surface area contributed by atoms with Crippen LogP contribution in [0.5, 0.6) is 5.75 Å². The van der Waals surface area contributed by atoms with Crippen molar-refractivity contribution in [2.24, 2.45) is 5.14 Å². The molecule has 0 saturated carbocycles. The first-order chi connectivity index (χ1) is 8.70. The molecular formula is C12H18N2O4S. The molecule has 0 aliphatic heterocycles. The van der Waals surface area contributed by atoms with Crippen molar-refractivity contribution in [2.75, 3.05) is 0 Å². The molecule has 19 heavy (non-hydrogen) atoms. The van der Waals surface area contributed by atoms with Crippen molar-refractivity contribution in [1.82, 2.24) is 5.32 Å². The minimum atomic E-state index is -3.72. The molecule has 0 spiro atoms. The maximum atomic E-state index is 11.6. The van der Waals surface area contributed by atoms with Gasteiger partial charge in [0.05, 0.1) is 4.90 Å². The summed E-state index contributed by atoms with van der Waals surface area (Å²) in [6, 6.07) is 5.61. The summed E-state index contributed by atoms with van der Waals surface area (Å²) in [5, 5.41) is 7.70. The number of hydrogen-bond acceptors (Lipinski definition) is 4. The van der Waals surface area contributed by atoms with E-state index in [1.54, 1.807) is 6.92 Å². The quantitative estimate of drug-likeness (QED) is 0.829. The zero-order valence-electron chi connectivity index (χ0n) is 11.1. The number of carbonyl (C=O) groups is 1. The molecule has 0 radical (unpaired) electrons. The summed E-state index contributed by atoms with van der Waals surface area (Å²) in [7, 11) is -3.72. The van der Waals surface area contributed by atoms with Crippen LogP contribution in [0.4, 0.5) is 0 Å². The molecule has 0 saturated heterocycles. The molecule has 1 rings (SSSR count). The van der Waals surface area contributed by atoms with E-state index in [1.807, 2.05) is 13.8 Å². The number of ether oxygens (including phenoxy) is 1. The third kappa shape index (κ3) is 4.88. The molecule has 0 aliphatic rings. The third-order valence-electron chi connectivity index (χ3n) is 2.27. The van der Waals surface area contributed by atoms with Crippen LogP contribution in [0.25, 0.3) is 0 Å². The molecule has 0 aromatic heterocycles. The molecule has 0 unspecified atom stereocenters. The van der Waals surface area contributed by atoms with E-state index >= 15 is 0 Å². The first-order valence-electron chi connectivity index (χ1n) is 5.80. The van der Waals surface area contributed by atoms with Gasteiger partial charge in [0, 0.05) is 6.04 Å². The van der Waals surface area contributed by atoms with E-state index in [0.29, 0.717) is 5.75 Å². The van der Waals surface area contributed by atoms with Gasteiger partial charge in [-0.25, -0.2) is 13.6 Å². The Balaban J connectivity index is 2.71. The van der Waals surface area contributed by atoms with Gasteiger partial charge in [0.25, 0.3) is 5.91 Å². The lowest BCUT2D eigenvalue weighted by atomic mass is 10.3. The molecule has 6 nitrogen and oxygen atoms in total. The van der Waals surface area contributed by atoms with Crippen LogP contribution in [0, 0.1) is 0 Å². The molecule has 7 heteroatoms. The van der Waals surface area contributed by atoms with E-state index in [2.05, 4.69) is 5.32 Å². The van der Waals surface area contributed by atoms with E-state index in [1.165, 1.54) is 24.3 Å². The van der Waals surface area contributed by atoms with Crippen LogP contribution in [0.2, 0.25) is 0 Å².